The fourth-order valence-corrected chi connectivity index (χ4v) is 5.05. The number of carbonyl (C=O) groups is 2. The van der Waals surface area contributed by atoms with Gasteiger partial charge in [0.2, 0.25) is 11.0 Å². The number of benzene rings is 1. The van der Waals surface area contributed by atoms with Crippen LogP contribution in [0, 0.1) is 0 Å². The molecule has 2 heterocycles. The largest absolute Gasteiger partial charge is 0.490 e. The Hall–Kier alpha value is -2.57. The monoisotopic (exact) mass is 509 g/mol. The standard InChI is InChI=1S/C22H31N5O5S2/c1-4-31-17-7-6-16(14-18(17)32-5-2)20(29)26-9-11-27(12-10-26)21-24-25-22(34-21)33-15-19(28)23-8-13-30-3/h6-7,14H,4-5,8-13,15H2,1-3H3,(H,23,28). The van der Waals surface area contributed by atoms with Crippen molar-refractivity contribution in [2.24, 2.45) is 0 Å². The number of aromatic nitrogens is 2. The topological polar surface area (TPSA) is 106 Å². The summed E-state index contributed by atoms with van der Waals surface area (Å²) in [5, 5.41) is 12.0. The number of amides is 2. The van der Waals surface area contributed by atoms with Crippen LogP contribution in [0.25, 0.3) is 0 Å². The van der Waals surface area contributed by atoms with E-state index in [2.05, 4.69) is 20.4 Å². The van der Waals surface area contributed by atoms with E-state index in [9.17, 15) is 9.59 Å². The molecule has 0 radical (unpaired) electrons. The minimum atomic E-state index is -0.0623. The summed E-state index contributed by atoms with van der Waals surface area (Å²) in [7, 11) is 1.60. The number of rotatable bonds is 12. The first-order valence-corrected chi connectivity index (χ1v) is 13.0. The maximum atomic E-state index is 13.1. The first-order valence-electron chi connectivity index (χ1n) is 11.2. The Morgan fingerprint density at radius 1 is 1.09 bits per heavy atom. The Balaban J connectivity index is 1.51. The maximum absolute atomic E-state index is 13.1. The van der Waals surface area contributed by atoms with Crippen LogP contribution in [-0.4, -0.2) is 92.3 Å². The molecule has 1 aliphatic rings. The van der Waals surface area contributed by atoms with Crippen LogP contribution in [0.3, 0.4) is 0 Å². The van der Waals surface area contributed by atoms with Crippen molar-refractivity contribution in [3.8, 4) is 11.5 Å². The molecule has 1 N–H and O–H groups in total. The van der Waals surface area contributed by atoms with Gasteiger partial charge < -0.3 is 29.3 Å². The van der Waals surface area contributed by atoms with E-state index < -0.39 is 0 Å². The van der Waals surface area contributed by atoms with Gasteiger partial charge in [-0.2, -0.15) is 0 Å². The molecule has 1 fully saturated rings. The van der Waals surface area contributed by atoms with Crippen LogP contribution < -0.4 is 19.7 Å². The third-order valence-corrected chi connectivity index (χ3v) is 7.10. The molecule has 12 heteroatoms. The summed E-state index contributed by atoms with van der Waals surface area (Å²) in [5.41, 5.74) is 0.582. The van der Waals surface area contributed by atoms with Gasteiger partial charge in [-0.3, -0.25) is 9.59 Å². The Morgan fingerprint density at radius 3 is 2.53 bits per heavy atom. The summed E-state index contributed by atoms with van der Waals surface area (Å²) in [6.45, 7) is 8.31. The van der Waals surface area contributed by atoms with Crippen molar-refractivity contribution in [1.29, 1.82) is 0 Å². The van der Waals surface area contributed by atoms with Crippen molar-refractivity contribution in [3.63, 3.8) is 0 Å². The van der Waals surface area contributed by atoms with Gasteiger partial charge in [0.25, 0.3) is 5.91 Å². The van der Waals surface area contributed by atoms with E-state index in [1.54, 1.807) is 25.3 Å². The Labute approximate surface area is 207 Å². The van der Waals surface area contributed by atoms with E-state index >= 15 is 0 Å². The zero-order valence-corrected chi connectivity index (χ0v) is 21.4. The van der Waals surface area contributed by atoms with Crippen LogP contribution in [-0.2, 0) is 9.53 Å². The molecular weight excluding hydrogens is 478 g/mol. The fraction of sp³-hybridized carbons (Fsp3) is 0.545. The van der Waals surface area contributed by atoms with E-state index in [0.29, 0.717) is 69.6 Å². The molecule has 1 aliphatic heterocycles. The molecular formula is C22H31N5O5S2. The first kappa shape index (κ1) is 26.0. The molecule has 1 aromatic carbocycles. The zero-order valence-electron chi connectivity index (χ0n) is 19.7. The number of ether oxygens (including phenoxy) is 3. The highest BCUT2D eigenvalue weighted by molar-refractivity contribution is 8.01. The van der Waals surface area contributed by atoms with Crippen molar-refractivity contribution in [3.05, 3.63) is 23.8 Å². The number of hydrogen-bond acceptors (Lipinski definition) is 10. The van der Waals surface area contributed by atoms with Gasteiger partial charge in [0.1, 0.15) is 0 Å². The second-order valence-electron chi connectivity index (χ2n) is 7.29. The molecule has 0 saturated carbocycles. The second kappa shape index (κ2) is 13.4. The zero-order chi connectivity index (χ0) is 24.3. The molecule has 2 amide bonds. The van der Waals surface area contributed by atoms with E-state index in [1.165, 1.54) is 23.1 Å². The lowest BCUT2D eigenvalue weighted by atomic mass is 10.1. The smallest absolute Gasteiger partial charge is 0.254 e. The Kier molecular flexibility index (Phi) is 10.2. The molecule has 0 unspecified atom stereocenters. The van der Waals surface area contributed by atoms with Crippen molar-refractivity contribution < 1.29 is 23.8 Å². The highest BCUT2D eigenvalue weighted by Crippen LogP contribution is 2.30. The number of hydrogen-bond donors (Lipinski definition) is 1. The number of nitrogens with zero attached hydrogens (tertiary/aromatic N) is 4. The summed E-state index contributed by atoms with van der Waals surface area (Å²) in [6, 6.07) is 5.32. The third kappa shape index (κ3) is 7.21. The lowest BCUT2D eigenvalue weighted by Gasteiger charge is -2.34. The van der Waals surface area contributed by atoms with Crippen LogP contribution in [0.5, 0.6) is 11.5 Å². The first-order chi connectivity index (χ1) is 16.5. The summed E-state index contributed by atoms with van der Waals surface area (Å²) in [6.07, 6.45) is 0. The van der Waals surface area contributed by atoms with E-state index in [-0.39, 0.29) is 17.6 Å². The molecule has 0 aliphatic carbocycles. The average molecular weight is 510 g/mol. The quantitative estimate of drug-likeness (QED) is 0.340. The van der Waals surface area contributed by atoms with Gasteiger partial charge in [0.05, 0.1) is 25.6 Å². The molecule has 186 valence electrons. The van der Waals surface area contributed by atoms with E-state index in [0.717, 1.165) is 9.47 Å². The van der Waals surface area contributed by atoms with Crippen LogP contribution >= 0.6 is 23.1 Å². The van der Waals surface area contributed by atoms with E-state index in [4.69, 9.17) is 14.2 Å². The predicted molar refractivity (Wildman–Crippen MR) is 132 cm³/mol. The molecule has 0 bridgehead atoms. The average Bonchev–Trinajstić information content (AvgIpc) is 3.33. The number of nitrogens with one attached hydrogen (secondary N) is 1. The second-order valence-corrected chi connectivity index (χ2v) is 9.47. The Bertz CT molecular complexity index is 950. The predicted octanol–water partition coefficient (Wildman–Crippen LogP) is 2.15. The lowest BCUT2D eigenvalue weighted by molar-refractivity contribution is -0.118. The summed E-state index contributed by atoms with van der Waals surface area (Å²) in [5.74, 6) is 1.42. The molecule has 0 spiro atoms. The van der Waals surface area contributed by atoms with Crippen LogP contribution in [0.4, 0.5) is 5.13 Å². The molecule has 1 aromatic heterocycles. The van der Waals surface area contributed by atoms with E-state index in [1.807, 2.05) is 18.7 Å². The molecule has 1 saturated heterocycles. The van der Waals surface area contributed by atoms with Crippen molar-refractivity contribution >= 4 is 40.0 Å². The minimum Gasteiger partial charge on any atom is -0.490 e. The van der Waals surface area contributed by atoms with Gasteiger partial charge in [-0.15, -0.1) is 10.2 Å². The maximum Gasteiger partial charge on any atom is 0.254 e. The van der Waals surface area contributed by atoms with Gasteiger partial charge in [-0.05, 0) is 32.0 Å². The molecule has 10 nitrogen and oxygen atoms in total. The fourth-order valence-electron chi connectivity index (χ4n) is 3.33. The Morgan fingerprint density at radius 2 is 1.82 bits per heavy atom. The normalized spacial score (nSPS) is 13.6. The van der Waals surface area contributed by atoms with Gasteiger partial charge in [-0.1, -0.05) is 23.1 Å². The summed E-state index contributed by atoms with van der Waals surface area (Å²) < 4.78 is 16.9. The summed E-state index contributed by atoms with van der Waals surface area (Å²) in [4.78, 5) is 28.8. The van der Waals surface area contributed by atoms with Crippen LogP contribution in [0.15, 0.2) is 22.5 Å². The van der Waals surface area contributed by atoms with Crippen molar-refractivity contribution in [2.45, 2.75) is 18.2 Å². The summed E-state index contributed by atoms with van der Waals surface area (Å²) >= 11 is 2.82. The lowest BCUT2D eigenvalue weighted by Crippen LogP contribution is -2.48. The molecule has 34 heavy (non-hydrogen) atoms. The molecule has 3 rings (SSSR count). The molecule has 0 atom stereocenters. The molecule has 2 aromatic rings. The highest BCUT2D eigenvalue weighted by Gasteiger charge is 2.25. The van der Waals surface area contributed by atoms with Crippen molar-refractivity contribution in [1.82, 2.24) is 20.4 Å². The van der Waals surface area contributed by atoms with Crippen LogP contribution in [0.1, 0.15) is 24.2 Å². The van der Waals surface area contributed by atoms with Crippen LogP contribution in [0.2, 0.25) is 0 Å². The number of piperazine rings is 1. The van der Waals surface area contributed by atoms with Gasteiger partial charge >= 0.3 is 0 Å². The highest BCUT2D eigenvalue weighted by atomic mass is 32.2. The number of thioether (sulfide) groups is 1. The number of methoxy groups -OCH3 is 1. The minimum absolute atomic E-state index is 0.0309. The van der Waals surface area contributed by atoms with Gasteiger partial charge in [0.15, 0.2) is 15.8 Å². The third-order valence-electron chi connectivity index (χ3n) is 4.98. The number of anilines is 1. The SMILES string of the molecule is CCOc1ccc(C(=O)N2CCN(c3nnc(SCC(=O)NCCOC)s3)CC2)cc1OCC. The van der Waals surface area contributed by atoms with Crippen molar-refractivity contribution in [2.75, 3.05) is 70.3 Å². The number of carbonyl (C=O) groups excluding carboxylic acids is 2. The van der Waals surface area contributed by atoms with Gasteiger partial charge in [-0.25, -0.2) is 0 Å². The van der Waals surface area contributed by atoms with Gasteiger partial charge in [0, 0.05) is 45.4 Å².